The van der Waals surface area contributed by atoms with E-state index >= 15 is 0 Å². The van der Waals surface area contributed by atoms with Crippen molar-refractivity contribution in [3.8, 4) is 0 Å². The van der Waals surface area contributed by atoms with Gasteiger partial charge in [-0.15, -0.1) is 0 Å². The van der Waals surface area contributed by atoms with E-state index in [9.17, 15) is 9.59 Å². The maximum atomic E-state index is 11.0. The van der Waals surface area contributed by atoms with Crippen LogP contribution in [0.3, 0.4) is 0 Å². The SMILES string of the molecule is CC(C)(CO)CO.CC(CO)CO.CCO.COC(=O)c1cccc(C(=O)O)c1.OCCCCCO.OCCCCO. The predicted molar refractivity (Wildman–Crippen MR) is 160 cm³/mol. The van der Waals surface area contributed by atoms with Crippen molar-refractivity contribution in [1.29, 1.82) is 0 Å². The largest absolute Gasteiger partial charge is 0.478 e. The number of benzene rings is 1. The zero-order valence-electron chi connectivity index (χ0n) is 26.0. The van der Waals surface area contributed by atoms with Crippen LogP contribution in [0.5, 0.6) is 0 Å². The Hall–Kier alpha value is -2.20. The predicted octanol–water partition coefficient (Wildman–Crippen LogP) is 0.667. The summed E-state index contributed by atoms with van der Waals surface area (Å²) in [6.45, 7) is 8.45. The minimum Gasteiger partial charge on any atom is -0.478 e. The van der Waals surface area contributed by atoms with Crippen LogP contribution in [0.1, 0.15) is 80.5 Å². The standard InChI is InChI=1S/C9H8O4.2C5H12O2.2C4H10O2.C2H6O/c1-13-9(12)7-4-2-3-6(5-7)8(10)11;1-5(2,3-6)4-7;6-4-2-1-3-5-7;1-4(2-5)3-6;5-3-1-2-4-6;1-2-3/h2-5H,1H3,(H,10,11);6-7H,3-4H2,1-2H3;6-7H,1-5H2;4-6H,2-3H2,1H3;5-6H,1-4H2;3H,2H2,1H3. The van der Waals surface area contributed by atoms with Gasteiger partial charge in [-0.3, -0.25) is 0 Å². The highest BCUT2D eigenvalue weighted by Gasteiger charge is 2.13. The van der Waals surface area contributed by atoms with Crippen molar-refractivity contribution in [2.24, 2.45) is 11.3 Å². The fourth-order valence-corrected chi connectivity index (χ4v) is 1.63. The molecule has 1 rings (SSSR count). The molecular formula is C29H58O13. The van der Waals surface area contributed by atoms with Crippen LogP contribution in [0.2, 0.25) is 0 Å². The third-order valence-electron chi connectivity index (χ3n) is 4.39. The van der Waals surface area contributed by atoms with E-state index < -0.39 is 11.9 Å². The lowest BCUT2D eigenvalue weighted by Crippen LogP contribution is -2.20. The molecule has 0 amide bonds. The molecule has 0 aliphatic heterocycles. The highest BCUT2D eigenvalue weighted by Crippen LogP contribution is 2.10. The quantitative estimate of drug-likeness (QED) is 0.109. The minimum absolute atomic E-state index is 0.0451. The van der Waals surface area contributed by atoms with E-state index in [0.717, 1.165) is 32.1 Å². The first-order valence-electron chi connectivity index (χ1n) is 13.7. The Bertz CT molecular complexity index is 667. The summed E-state index contributed by atoms with van der Waals surface area (Å²) in [7, 11) is 1.25. The Morgan fingerprint density at radius 2 is 1.10 bits per heavy atom. The molecule has 0 aliphatic carbocycles. The summed E-state index contributed by atoms with van der Waals surface area (Å²) in [4.78, 5) is 21.5. The number of rotatable bonds is 13. The van der Waals surface area contributed by atoms with Crippen molar-refractivity contribution in [1.82, 2.24) is 0 Å². The molecule has 252 valence electrons. The Labute approximate surface area is 250 Å². The number of ether oxygens (including phenoxy) is 1. The van der Waals surface area contributed by atoms with E-state index in [4.69, 9.17) is 51.1 Å². The minimum atomic E-state index is -1.06. The number of carbonyl (C=O) groups excluding carboxylic acids is 1. The average Bonchev–Trinajstić information content (AvgIpc) is 3.01. The number of carboxylic acids is 1. The molecule has 0 unspecified atom stereocenters. The number of methoxy groups -OCH3 is 1. The van der Waals surface area contributed by atoms with Crippen LogP contribution in [-0.2, 0) is 4.74 Å². The summed E-state index contributed by atoms with van der Waals surface area (Å²) in [6, 6.07) is 5.68. The van der Waals surface area contributed by atoms with E-state index in [1.807, 2.05) is 0 Å². The van der Waals surface area contributed by atoms with Gasteiger partial charge in [0, 0.05) is 57.6 Å². The first kappa shape index (κ1) is 49.5. The molecule has 0 heterocycles. The molecule has 0 spiro atoms. The molecule has 1 aromatic carbocycles. The van der Waals surface area contributed by atoms with Crippen molar-refractivity contribution in [2.45, 2.75) is 59.8 Å². The molecule has 0 atom stereocenters. The number of unbranched alkanes of at least 4 members (excludes halogenated alkanes) is 3. The molecule has 1 aromatic rings. The van der Waals surface area contributed by atoms with E-state index in [1.165, 1.54) is 31.4 Å². The lowest BCUT2D eigenvalue weighted by Gasteiger charge is -2.16. The highest BCUT2D eigenvalue weighted by molar-refractivity contribution is 5.94. The molecule has 13 heteroatoms. The fraction of sp³-hybridized carbons (Fsp3) is 0.724. The number of carboxylic acid groups (broad SMARTS) is 1. The summed E-state index contributed by atoms with van der Waals surface area (Å²) in [5.41, 5.74) is 0.00491. The van der Waals surface area contributed by atoms with Crippen molar-refractivity contribution < 1.29 is 65.4 Å². The Kier molecular flexibility index (Phi) is 45.7. The molecule has 0 radical (unpaired) electrons. The molecule has 0 saturated heterocycles. The molecular weight excluding hydrogens is 556 g/mol. The summed E-state index contributed by atoms with van der Waals surface area (Å²) < 4.78 is 4.44. The van der Waals surface area contributed by atoms with Crippen LogP contribution in [0.15, 0.2) is 24.3 Å². The Morgan fingerprint density at radius 3 is 1.33 bits per heavy atom. The number of aromatic carboxylic acids is 1. The molecule has 10 N–H and O–H groups in total. The maximum absolute atomic E-state index is 11.0. The van der Waals surface area contributed by atoms with Gasteiger partial charge in [-0.2, -0.15) is 0 Å². The van der Waals surface area contributed by atoms with E-state index in [-0.39, 0.29) is 81.9 Å². The number of esters is 1. The van der Waals surface area contributed by atoms with Gasteiger partial charge in [0.1, 0.15) is 0 Å². The van der Waals surface area contributed by atoms with Gasteiger partial charge in [-0.05, 0) is 57.2 Å². The molecule has 13 nitrogen and oxygen atoms in total. The van der Waals surface area contributed by atoms with Gasteiger partial charge < -0.3 is 55.8 Å². The summed E-state index contributed by atoms with van der Waals surface area (Å²) in [5, 5.41) is 82.0. The van der Waals surface area contributed by atoms with Crippen LogP contribution in [0.4, 0.5) is 0 Å². The van der Waals surface area contributed by atoms with Crippen LogP contribution in [0, 0.1) is 11.3 Å². The first-order valence-corrected chi connectivity index (χ1v) is 13.7. The van der Waals surface area contributed by atoms with Crippen molar-refractivity contribution >= 4 is 11.9 Å². The van der Waals surface area contributed by atoms with Gasteiger partial charge in [0.25, 0.3) is 0 Å². The van der Waals surface area contributed by atoms with E-state index in [2.05, 4.69) is 4.74 Å². The second kappa shape index (κ2) is 38.8. The molecule has 0 saturated carbocycles. The van der Waals surface area contributed by atoms with Crippen LogP contribution in [0.25, 0.3) is 0 Å². The third-order valence-corrected chi connectivity index (χ3v) is 4.39. The number of aliphatic hydroxyl groups excluding tert-OH is 9. The average molecular weight is 615 g/mol. The Morgan fingerprint density at radius 1 is 0.738 bits per heavy atom. The lowest BCUT2D eigenvalue weighted by atomic mass is 9.97. The lowest BCUT2D eigenvalue weighted by molar-refractivity contribution is 0.0600. The second-order valence-electron chi connectivity index (χ2n) is 9.31. The molecule has 42 heavy (non-hydrogen) atoms. The topological polar surface area (TPSA) is 246 Å². The zero-order valence-corrected chi connectivity index (χ0v) is 26.0. The molecule has 0 aliphatic rings. The second-order valence-corrected chi connectivity index (χ2v) is 9.31. The van der Waals surface area contributed by atoms with Crippen LogP contribution in [-0.4, -0.2) is 130 Å². The highest BCUT2D eigenvalue weighted by atomic mass is 16.5. The summed E-state index contributed by atoms with van der Waals surface area (Å²) in [6.07, 6.45) is 4.02. The van der Waals surface area contributed by atoms with Crippen LogP contribution >= 0.6 is 0 Å². The van der Waals surface area contributed by atoms with E-state index in [0.29, 0.717) is 0 Å². The van der Waals surface area contributed by atoms with Gasteiger partial charge in [-0.1, -0.05) is 26.8 Å². The summed E-state index contributed by atoms with van der Waals surface area (Å²) in [5.74, 6) is -1.56. The third kappa shape index (κ3) is 42.3. The smallest absolute Gasteiger partial charge is 0.337 e. The maximum Gasteiger partial charge on any atom is 0.337 e. The van der Waals surface area contributed by atoms with E-state index in [1.54, 1.807) is 27.7 Å². The normalized spacial score (nSPS) is 9.60. The van der Waals surface area contributed by atoms with Crippen LogP contribution < -0.4 is 0 Å². The van der Waals surface area contributed by atoms with Gasteiger partial charge >= 0.3 is 11.9 Å². The molecule has 0 aromatic heterocycles. The van der Waals surface area contributed by atoms with Crippen molar-refractivity contribution in [2.75, 3.05) is 66.6 Å². The zero-order chi connectivity index (χ0) is 33.8. The fourth-order valence-electron chi connectivity index (χ4n) is 1.63. The number of hydrogen-bond donors (Lipinski definition) is 10. The number of carbonyl (C=O) groups is 2. The molecule has 0 bridgehead atoms. The monoisotopic (exact) mass is 614 g/mol. The Balaban J connectivity index is -0.000000138. The number of aliphatic hydroxyl groups is 9. The van der Waals surface area contributed by atoms with Gasteiger partial charge in [0.15, 0.2) is 0 Å². The number of hydrogen-bond acceptors (Lipinski definition) is 12. The van der Waals surface area contributed by atoms with Gasteiger partial charge in [-0.25, -0.2) is 9.59 Å². The first-order chi connectivity index (χ1) is 19.8. The van der Waals surface area contributed by atoms with Gasteiger partial charge in [0.2, 0.25) is 0 Å². The summed E-state index contributed by atoms with van der Waals surface area (Å²) >= 11 is 0. The molecule has 0 fully saturated rings. The van der Waals surface area contributed by atoms with Crippen molar-refractivity contribution in [3.05, 3.63) is 35.4 Å². The van der Waals surface area contributed by atoms with Crippen molar-refractivity contribution in [3.63, 3.8) is 0 Å². The van der Waals surface area contributed by atoms with Gasteiger partial charge in [0.05, 0.1) is 31.5 Å².